The zero-order valence-electron chi connectivity index (χ0n) is 11.7. The minimum Gasteiger partial charge on any atom is -0.353 e. The van der Waals surface area contributed by atoms with Crippen molar-refractivity contribution in [1.82, 2.24) is 20.2 Å². The molecule has 106 valence electrons. The normalized spacial score (nSPS) is 14.7. The molecule has 3 rings (SSSR count). The number of carbonyl (C=O) groups is 1. The van der Waals surface area contributed by atoms with Gasteiger partial charge in [-0.1, -0.05) is 0 Å². The number of nitrogens with zero attached hydrogens (tertiary/aromatic N) is 2. The lowest BCUT2D eigenvalue weighted by Crippen LogP contribution is -2.26. The third kappa shape index (κ3) is 2.82. The molecule has 0 aromatic carbocycles. The van der Waals surface area contributed by atoms with Gasteiger partial charge in [0.25, 0.3) is 0 Å². The Hall–Kier alpha value is -1.88. The summed E-state index contributed by atoms with van der Waals surface area (Å²) in [5.41, 5.74) is 2.18. The van der Waals surface area contributed by atoms with Gasteiger partial charge in [-0.15, -0.1) is 0 Å². The van der Waals surface area contributed by atoms with Gasteiger partial charge in [-0.05, 0) is 37.6 Å². The highest BCUT2D eigenvalue weighted by Crippen LogP contribution is 2.20. The summed E-state index contributed by atoms with van der Waals surface area (Å²) in [5, 5.41) is 7.34. The number of carbonyl (C=O) groups excluding carboxylic acids is 1. The van der Waals surface area contributed by atoms with Crippen LogP contribution >= 0.6 is 0 Å². The Bertz CT molecular complexity index is 615. The van der Waals surface area contributed by atoms with Crippen LogP contribution in [-0.2, 0) is 17.9 Å². The first-order chi connectivity index (χ1) is 9.78. The van der Waals surface area contributed by atoms with E-state index < -0.39 is 0 Å². The van der Waals surface area contributed by atoms with Crippen LogP contribution in [0.4, 0.5) is 0 Å². The van der Waals surface area contributed by atoms with E-state index in [1.54, 1.807) is 6.20 Å². The number of aromatic nitrogens is 2. The quantitative estimate of drug-likeness (QED) is 0.836. The van der Waals surface area contributed by atoms with Crippen molar-refractivity contribution < 1.29 is 4.79 Å². The van der Waals surface area contributed by atoms with E-state index in [0.29, 0.717) is 19.0 Å². The number of rotatable bonds is 6. The molecule has 1 aliphatic carbocycles. The fourth-order valence-electron chi connectivity index (χ4n) is 2.45. The van der Waals surface area contributed by atoms with Crippen molar-refractivity contribution in [2.45, 2.75) is 38.4 Å². The number of aryl methyl sites for hydroxylation is 1. The summed E-state index contributed by atoms with van der Waals surface area (Å²) in [6.45, 7) is 1.49. The van der Waals surface area contributed by atoms with Gasteiger partial charge in [0.15, 0.2) is 0 Å². The number of pyridine rings is 1. The molecule has 2 aromatic heterocycles. The lowest BCUT2D eigenvalue weighted by Gasteiger charge is -2.05. The van der Waals surface area contributed by atoms with Gasteiger partial charge >= 0.3 is 0 Å². The molecular weight excluding hydrogens is 252 g/mol. The van der Waals surface area contributed by atoms with Crippen molar-refractivity contribution in [3.05, 3.63) is 30.1 Å². The van der Waals surface area contributed by atoms with Crippen LogP contribution in [0.2, 0.25) is 0 Å². The van der Waals surface area contributed by atoms with Gasteiger partial charge in [0, 0.05) is 43.3 Å². The molecule has 1 saturated carbocycles. The third-order valence-corrected chi connectivity index (χ3v) is 3.61. The van der Waals surface area contributed by atoms with Crippen molar-refractivity contribution >= 4 is 16.9 Å². The van der Waals surface area contributed by atoms with E-state index >= 15 is 0 Å². The maximum Gasteiger partial charge on any atom is 0.222 e. The van der Waals surface area contributed by atoms with Crippen LogP contribution in [0.15, 0.2) is 24.5 Å². The van der Waals surface area contributed by atoms with E-state index in [9.17, 15) is 4.79 Å². The molecule has 0 unspecified atom stereocenters. The minimum absolute atomic E-state index is 0.139. The van der Waals surface area contributed by atoms with E-state index in [1.807, 2.05) is 13.1 Å². The van der Waals surface area contributed by atoms with Crippen molar-refractivity contribution in [2.75, 3.05) is 7.05 Å². The fraction of sp³-hybridized carbons (Fsp3) is 0.467. The maximum absolute atomic E-state index is 11.8. The summed E-state index contributed by atoms with van der Waals surface area (Å²) in [4.78, 5) is 16.2. The molecule has 0 atom stereocenters. The zero-order chi connectivity index (χ0) is 13.9. The Labute approximate surface area is 118 Å². The predicted octanol–water partition coefficient (Wildman–Crippen LogP) is 1.42. The van der Waals surface area contributed by atoms with E-state index in [4.69, 9.17) is 0 Å². The lowest BCUT2D eigenvalue weighted by atomic mass is 10.2. The molecule has 0 spiro atoms. The number of nitrogens with one attached hydrogen (secondary N) is 2. The molecule has 2 aromatic rings. The van der Waals surface area contributed by atoms with Crippen LogP contribution in [0, 0.1) is 0 Å². The maximum atomic E-state index is 11.8. The van der Waals surface area contributed by atoms with Gasteiger partial charge in [0.1, 0.15) is 5.65 Å². The number of hydrogen-bond acceptors (Lipinski definition) is 3. The van der Waals surface area contributed by atoms with Crippen LogP contribution in [0.3, 0.4) is 0 Å². The molecule has 1 aliphatic rings. The van der Waals surface area contributed by atoms with Gasteiger partial charge in [-0.25, -0.2) is 4.98 Å². The van der Waals surface area contributed by atoms with Gasteiger partial charge in [0.05, 0.1) is 0 Å². The van der Waals surface area contributed by atoms with Crippen molar-refractivity contribution in [1.29, 1.82) is 0 Å². The van der Waals surface area contributed by atoms with Gasteiger partial charge in [-0.3, -0.25) is 4.79 Å². The molecule has 5 nitrogen and oxygen atoms in total. The molecule has 5 heteroatoms. The average molecular weight is 272 g/mol. The summed E-state index contributed by atoms with van der Waals surface area (Å²) in [5.74, 6) is 0.139. The molecule has 0 aliphatic heterocycles. The largest absolute Gasteiger partial charge is 0.353 e. The van der Waals surface area contributed by atoms with E-state index in [2.05, 4.69) is 32.4 Å². The molecular formula is C15H20N4O. The highest BCUT2D eigenvalue weighted by atomic mass is 16.1. The smallest absolute Gasteiger partial charge is 0.222 e. The molecule has 20 heavy (non-hydrogen) atoms. The Morgan fingerprint density at radius 3 is 3.10 bits per heavy atom. The van der Waals surface area contributed by atoms with Crippen LogP contribution in [0.1, 0.15) is 24.8 Å². The first-order valence-corrected chi connectivity index (χ1v) is 7.14. The Kier molecular flexibility index (Phi) is 3.69. The molecule has 0 radical (unpaired) electrons. The summed E-state index contributed by atoms with van der Waals surface area (Å²) >= 11 is 0. The second-order valence-electron chi connectivity index (χ2n) is 5.34. The first kappa shape index (κ1) is 13.1. The van der Waals surface area contributed by atoms with Gasteiger partial charge < -0.3 is 15.2 Å². The lowest BCUT2D eigenvalue weighted by molar-refractivity contribution is -0.121. The van der Waals surface area contributed by atoms with Crippen molar-refractivity contribution in [3.63, 3.8) is 0 Å². The molecule has 2 heterocycles. The van der Waals surface area contributed by atoms with E-state index in [0.717, 1.165) is 30.4 Å². The second-order valence-corrected chi connectivity index (χ2v) is 5.34. The summed E-state index contributed by atoms with van der Waals surface area (Å²) in [6, 6.07) is 4.46. The third-order valence-electron chi connectivity index (χ3n) is 3.61. The minimum atomic E-state index is 0.139. The van der Waals surface area contributed by atoms with Crippen LogP contribution in [0.25, 0.3) is 11.0 Å². The highest BCUT2D eigenvalue weighted by Gasteiger charge is 2.23. The molecule has 0 saturated heterocycles. The molecule has 2 N–H and O–H groups in total. The summed E-state index contributed by atoms with van der Waals surface area (Å²) in [7, 11) is 1.93. The second kappa shape index (κ2) is 5.63. The fourth-order valence-corrected chi connectivity index (χ4v) is 2.45. The monoisotopic (exact) mass is 272 g/mol. The van der Waals surface area contributed by atoms with E-state index in [-0.39, 0.29) is 5.91 Å². The topological polar surface area (TPSA) is 59.0 Å². The van der Waals surface area contributed by atoms with Crippen LogP contribution in [-0.4, -0.2) is 28.5 Å². The first-order valence-electron chi connectivity index (χ1n) is 7.14. The predicted molar refractivity (Wildman–Crippen MR) is 78.3 cm³/mol. The molecule has 0 bridgehead atoms. The Balaban J connectivity index is 1.74. The van der Waals surface area contributed by atoms with Crippen molar-refractivity contribution in [2.24, 2.45) is 0 Å². The standard InChI is InChI=1S/C15H20N4O/c1-16-9-11-10-19(15-13(11)3-2-7-17-15)8-6-14(20)18-12-4-5-12/h2-3,7,10,12,16H,4-6,8-9H2,1H3,(H,18,20). The average Bonchev–Trinajstić information content (AvgIpc) is 3.19. The Morgan fingerprint density at radius 2 is 2.35 bits per heavy atom. The number of fused-ring (bicyclic) bond motifs is 1. The van der Waals surface area contributed by atoms with Gasteiger partial charge in [0.2, 0.25) is 5.91 Å². The van der Waals surface area contributed by atoms with Crippen LogP contribution < -0.4 is 10.6 Å². The zero-order valence-corrected chi connectivity index (χ0v) is 11.7. The SMILES string of the molecule is CNCc1cn(CCC(=O)NC2CC2)c2ncccc12. The summed E-state index contributed by atoms with van der Waals surface area (Å²) in [6.07, 6.45) is 6.67. The van der Waals surface area contributed by atoms with Gasteiger partial charge in [-0.2, -0.15) is 0 Å². The molecule has 1 fully saturated rings. The van der Waals surface area contributed by atoms with Crippen molar-refractivity contribution in [3.8, 4) is 0 Å². The number of amides is 1. The Morgan fingerprint density at radius 1 is 1.50 bits per heavy atom. The highest BCUT2D eigenvalue weighted by molar-refractivity contribution is 5.81. The molecule has 1 amide bonds. The van der Waals surface area contributed by atoms with Crippen LogP contribution in [0.5, 0.6) is 0 Å². The summed E-state index contributed by atoms with van der Waals surface area (Å²) < 4.78 is 2.08. The van der Waals surface area contributed by atoms with E-state index in [1.165, 1.54) is 5.56 Å². The number of hydrogen-bond donors (Lipinski definition) is 2.